The maximum atomic E-state index is 11.0. The number of carbonyl (C=O) groups excluding carboxylic acids is 1. The number of unbranched alkanes of at least 4 members (excludes halogenated alkanes) is 8. The molecule has 0 atom stereocenters. The number of hydrogen-bond donors (Lipinski definition) is 0. The summed E-state index contributed by atoms with van der Waals surface area (Å²) in [6.45, 7) is 4.20. The van der Waals surface area contributed by atoms with Crippen molar-refractivity contribution in [1.82, 2.24) is 0 Å². The first-order valence-corrected chi connectivity index (χ1v) is 7.95. The van der Waals surface area contributed by atoms with Crippen LogP contribution in [-0.2, 0) is 4.79 Å². The Morgan fingerprint density at radius 1 is 0.812 bits per heavy atom. The van der Waals surface area contributed by atoms with E-state index in [9.17, 15) is 4.79 Å². The van der Waals surface area contributed by atoms with E-state index in [4.69, 9.17) is 0 Å². The van der Waals surface area contributed by atoms with Gasteiger partial charge in [0, 0.05) is 12.2 Å². The van der Waals surface area contributed by atoms with Crippen molar-refractivity contribution in [3.05, 3.63) is 0 Å². The summed E-state index contributed by atoms with van der Waals surface area (Å²) in [5.41, 5.74) is 0. The Morgan fingerprint density at radius 2 is 1.31 bits per heavy atom. The molecule has 0 aromatic carbocycles. The Balaban J connectivity index is 2.96. The number of hydrogen-bond acceptors (Lipinski definition) is 2. The van der Waals surface area contributed by atoms with Gasteiger partial charge in [0.15, 0.2) is 5.12 Å². The van der Waals surface area contributed by atoms with Crippen molar-refractivity contribution in [2.45, 2.75) is 78.1 Å². The zero-order valence-electron chi connectivity index (χ0n) is 11.1. The zero-order chi connectivity index (χ0) is 12.1. The van der Waals surface area contributed by atoms with Crippen LogP contribution in [0.1, 0.15) is 78.1 Å². The largest absolute Gasteiger partial charge is 0.287 e. The molecule has 0 aromatic heterocycles. The molecule has 0 radical (unpaired) electrons. The molecule has 0 bridgehead atoms. The van der Waals surface area contributed by atoms with Gasteiger partial charge in [-0.15, -0.1) is 0 Å². The third kappa shape index (κ3) is 12.1. The van der Waals surface area contributed by atoms with Crippen LogP contribution in [0.4, 0.5) is 0 Å². The van der Waals surface area contributed by atoms with E-state index < -0.39 is 0 Å². The third-order valence-corrected chi connectivity index (χ3v) is 3.90. The normalized spacial score (nSPS) is 10.6. The SMILES string of the molecule is CCCCCCCCCCCSC(=O)CC. The van der Waals surface area contributed by atoms with E-state index in [-0.39, 0.29) is 0 Å². The van der Waals surface area contributed by atoms with E-state index in [1.165, 1.54) is 69.5 Å². The van der Waals surface area contributed by atoms with Gasteiger partial charge in [0.05, 0.1) is 0 Å². The summed E-state index contributed by atoms with van der Waals surface area (Å²) < 4.78 is 0. The van der Waals surface area contributed by atoms with Crippen molar-refractivity contribution in [2.75, 3.05) is 5.75 Å². The van der Waals surface area contributed by atoms with Crippen LogP contribution in [-0.4, -0.2) is 10.9 Å². The summed E-state index contributed by atoms with van der Waals surface area (Å²) in [5, 5.41) is 0.347. The molecule has 0 fully saturated rings. The molecule has 0 aliphatic rings. The molecule has 0 amide bonds. The molecule has 0 saturated carbocycles. The Morgan fingerprint density at radius 3 is 1.81 bits per heavy atom. The van der Waals surface area contributed by atoms with Crippen LogP contribution >= 0.6 is 11.8 Å². The van der Waals surface area contributed by atoms with Gasteiger partial charge in [-0.1, -0.05) is 77.0 Å². The van der Waals surface area contributed by atoms with E-state index in [0.717, 1.165) is 5.75 Å². The van der Waals surface area contributed by atoms with E-state index in [0.29, 0.717) is 11.5 Å². The van der Waals surface area contributed by atoms with Crippen LogP contribution in [0.25, 0.3) is 0 Å². The topological polar surface area (TPSA) is 17.1 Å². The molecule has 0 unspecified atom stereocenters. The van der Waals surface area contributed by atoms with Crippen LogP contribution < -0.4 is 0 Å². The molecule has 96 valence electrons. The first-order chi connectivity index (χ1) is 7.81. The Labute approximate surface area is 106 Å². The predicted molar refractivity (Wildman–Crippen MR) is 75.0 cm³/mol. The first-order valence-electron chi connectivity index (χ1n) is 6.96. The Kier molecular flexibility index (Phi) is 13.1. The molecule has 0 rings (SSSR count). The average molecular weight is 244 g/mol. The van der Waals surface area contributed by atoms with Crippen molar-refractivity contribution in [3.63, 3.8) is 0 Å². The molecule has 1 nitrogen and oxygen atoms in total. The number of thioether (sulfide) groups is 1. The first kappa shape index (κ1) is 16.0. The summed E-state index contributed by atoms with van der Waals surface area (Å²) in [5.74, 6) is 1.03. The van der Waals surface area contributed by atoms with E-state index >= 15 is 0 Å². The zero-order valence-corrected chi connectivity index (χ0v) is 11.9. The molecule has 0 spiro atoms. The maximum Gasteiger partial charge on any atom is 0.188 e. The minimum atomic E-state index is 0.347. The van der Waals surface area contributed by atoms with Crippen molar-refractivity contribution < 1.29 is 4.79 Å². The molecule has 0 aliphatic carbocycles. The van der Waals surface area contributed by atoms with Crippen LogP contribution in [0.3, 0.4) is 0 Å². The van der Waals surface area contributed by atoms with Gasteiger partial charge in [-0.2, -0.15) is 0 Å². The maximum absolute atomic E-state index is 11.0. The number of carbonyl (C=O) groups is 1. The lowest BCUT2D eigenvalue weighted by Crippen LogP contribution is -1.90. The summed E-state index contributed by atoms with van der Waals surface area (Å²) in [4.78, 5) is 11.0. The average Bonchev–Trinajstić information content (AvgIpc) is 2.31. The molecule has 16 heavy (non-hydrogen) atoms. The Hall–Kier alpha value is 0.0200. The van der Waals surface area contributed by atoms with Crippen molar-refractivity contribution in [2.24, 2.45) is 0 Å². The second-order valence-corrected chi connectivity index (χ2v) is 5.55. The van der Waals surface area contributed by atoms with E-state index in [2.05, 4.69) is 6.92 Å². The Bertz CT molecular complexity index is 157. The van der Waals surface area contributed by atoms with Gasteiger partial charge >= 0.3 is 0 Å². The van der Waals surface area contributed by atoms with Gasteiger partial charge in [0.1, 0.15) is 0 Å². The molecule has 0 saturated heterocycles. The smallest absolute Gasteiger partial charge is 0.188 e. The van der Waals surface area contributed by atoms with Crippen LogP contribution in [0.5, 0.6) is 0 Å². The highest BCUT2D eigenvalue weighted by atomic mass is 32.2. The molecular weight excluding hydrogens is 216 g/mol. The van der Waals surface area contributed by atoms with Gasteiger partial charge in [0.2, 0.25) is 0 Å². The summed E-state index contributed by atoms with van der Waals surface area (Å²) in [6, 6.07) is 0. The van der Waals surface area contributed by atoms with Gasteiger partial charge in [-0.25, -0.2) is 0 Å². The summed E-state index contributed by atoms with van der Waals surface area (Å²) in [6.07, 6.45) is 12.9. The highest BCUT2D eigenvalue weighted by Crippen LogP contribution is 2.12. The van der Waals surface area contributed by atoms with Crippen LogP contribution in [0.15, 0.2) is 0 Å². The summed E-state index contributed by atoms with van der Waals surface area (Å²) >= 11 is 1.51. The van der Waals surface area contributed by atoms with E-state index in [1.807, 2.05) is 6.92 Å². The fourth-order valence-corrected chi connectivity index (χ4v) is 2.48. The fraction of sp³-hybridized carbons (Fsp3) is 0.929. The molecule has 0 heterocycles. The highest BCUT2D eigenvalue weighted by Gasteiger charge is 1.98. The van der Waals surface area contributed by atoms with Crippen molar-refractivity contribution in [1.29, 1.82) is 0 Å². The summed E-state index contributed by atoms with van der Waals surface area (Å²) in [7, 11) is 0. The molecular formula is C14H28OS. The second kappa shape index (κ2) is 13.1. The predicted octanol–water partition coefficient (Wildman–Crippen LogP) is 5.19. The molecule has 2 heteroatoms. The third-order valence-electron chi connectivity index (χ3n) is 2.80. The lowest BCUT2D eigenvalue weighted by atomic mass is 10.1. The highest BCUT2D eigenvalue weighted by molar-refractivity contribution is 8.13. The van der Waals surface area contributed by atoms with Gasteiger partial charge in [0.25, 0.3) is 0 Å². The fourth-order valence-electron chi connectivity index (χ4n) is 1.70. The molecule has 0 aliphatic heterocycles. The van der Waals surface area contributed by atoms with Crippen molar-refractivity contribution in [3.8, 4) is 0 Å². The monoisotopic (exact) mass is 244 g/mol. The number of rotatable bonds is 11. The lowest BCUT2D eigenvalue weighted by molar-refractivity contribution is -0.110. The van der Waals surface area contributed by atoms with Crippen molar-refractivity contribution >= 4 is 16.9 Å². The lowest BCUT2D eigenvalue weighted by Gasteiger charge is -2.01. The van der Waals surface area contributed by atoms with Crippen LogP contribution in [0, 0.1) is 0 Å². The minimum Gasteiger partial charge on any atom is -0.287 e. The van der Waals surface area contributed by atoms with Crippen LogP contribution in [0.2, 0.25) is 0 Å². The van der Waals surface area contributed by atoms with Gasteiger partial charge < -0.3 is 0 Å². The van der Waals surface area contributed by atoms with Gasteiger partial charge in [-0.3, -0.25) is 4.79 Å². The quantitative estimate of drug-likeness (QED) is 0.465. The van der Waals surface area contributed by atoms with Gasteiger partial charge in [-0.05, 0) is 6.42 Å². The second-order valence-electron chi connectivity index (χ2n) is 4.40. The molecule has 0 aromatic rings. The minimum absolute atomic E-state index is 0.347. The van der Waals surface area contributed by atoms with E-state index in [1.54, 1.807) is 0 Å². The standard InChI is InChI=1S/C14H28OS/c1-3-5-6-7-8-9-10-11-12-13-16-14(15)4-2/h3-13H2,1-2H3. The molecule has 0 N–H and O–H groups in total.